The maximum absolute atomic E-state index is 11.3. The molecule has 1 heterocycles. The van der Waals surface area contributed by atoms with E-state index in [-0.39, 0.29) is 5.92 Å². The van der Waals surface area contributed by atoms with Gasteiger partial charge in [-0.2, -0.15) is 0 Å². The zero-order valence-electron chi connectivity index (χ0n) is 7.40. The van der Waals surface area contributed by atoms with Crippen molar-refractivity contribution in [1.29, 1.82) is 0 Å². The van der Waals surface area contributed by atoms with E-state index in [1.165, 1.54) is 0 Å². The van der Waals surface area contributed by atoms with E-state index in [0.717, 1.165) is 5.56 Å². The van der Waals surface area contributed by atoms with Crippen LogP contribution in [0, 0.1) is 0 Å². The predicted molar refractivity (Wildman–Crippen MR) is 48.7 cm³/mol. The molecule has 0 saturated carbocycles. The molecule has 1 atom stereocenters. The molecule has 1 aromatic carbocycles. The van der Waals surface area contributed by atoms with Gasteiger partial charge in [-0.25, -0.2) is 4.79 Å². The minimum atomic E-state index is -0.665. The zero-order valence-corrected chi connectivity index (χ0v) is 7.40. The van der Waals surface area contributed by atoms with Gasteiger partial charge in [0.15, 0.2) is 0 Å². The van der Waals surface area contributed by atoms with Crippen LogP contribution in [0.1, 0.15) is 11.5 Å². The summed E-state index contributed by atoms with van der Waals surface area (Å²) < 4.78 is 4.46. The van der Waals surface area contributed by atoms with Gasteiger partial charge in [-0.05, 0) is 5.56 Å². The highest BCUT2D eigenvalue weighted by Gasteiger charge is 2.29. The smallest absolute Gasteiger partial charge is 0.376 e. The number of rotatable bonds is 1. The van der Waals surface area contributed by atoms with Crippen molar-refractivity contribution >= 4 is 12.1 Å². The number of amides is 1. The molecule has 0 spiro atoms. The topological polar surface area (TPSA) is 55.4 Å². The summed E-state index contributed by atoms with van der Waals surface area (Å²) in [5.41, 5.74) is 0.859. The van der Waals surface area contributed by atoms with E-state index in [9.17, 15) is 9.59 Å². The highest BCUT2D eigenvalue weighted by Crippen LogP contribution is 2.18. The maximum Gasteiger partial charge on any atom is 0.414 e. The summed E-state index contributed by atoms with van der Waals surface area (Å²) in [7, 11) is 0. The Morgan fingerprint density at radius 2 is 1.93 bits per heavy atom. The van der Waals surface area contributed by atoms with Gasteiger partial charge in [-0.3, -0.25) is 4.79 Å². The fourth-order valence-electron chi connectivity index (χ4n) is 1.41. The van der Waals surface area contributed by atoms with Crippen LogP contribution in [-0.2, 0) is 9.53 Å². The molecule has 0 radical (unpaired) electrons. The summed E-state index contributed by atoms with van der Waals surface area (Å²) in [6, 6.07) is 9.24. The van der Waals surface area contributed by atoms with Crippen molar-refractivity contribution in [3.63, 3.8) is 0 Å². The van der Waals surface area contributed by atoms with Crippen LogP contribution in [0.3, 0.4) is 0 Å². The van der Waals surface area contributed by atoms with Crippen molar-refractivity contribution in [3.8, 4) is 0 Å². The van der Waals surface area contributed by atoms with E-state index in [2.05, 4.69) is 10.1 Å². The molecule has 1 unspecified atom stereocenters. The molecule has 1 N–H and O–H groups in total. The third kappa shape index (κ3) is 1.59. The molecule has 0 aliphatic carbocycles. The lowest BCUT2D eigenvalue weighted by molar-refractivity contribution is -0.140. The molecule has 2 rings (SSSR count). The van der Waals surface area contributed by atoms with Crippen molar-refractivity contribution in [2.45, 2.75) is 5.92 Å². The Kier molecular flexibility index (Phi) is 2.18. The van der Waals surface area contributed by atoms with Gasteiger partial charge in [-0.15, -0.1) is 0 Å². The number of carbonyl (C=O) groups is 2. The maximum atomic E-state index is 11.3. The van der Waals surface area contributed by atoms with Crippen molar-refractivity contribution in [3.05, 3.63) is 35.9 Å². The third-order valence-electron chi connectivity index (χ3n) is 2.13. The van der Waals surface area contributed by atoms with E-state index in [1.807, 2.05) is 30.3 Å². The molecule has 72 valence electrons. The molecule has 4 heteroatoms. The van der Waals surface area contributed by atoms with E-state index in [0.29, 0.717) is 6.54 Å². The standard InChI is InChI=1S/C10H9NO3/c12-9-8(6-11-10(13)14-9)7-4-2-1-3-5-7/h1-5,8H,6H2,(H,11,13). The number of hydrogen-bond acceptors (Lipinski definition) is 3. The van der Waals surface area contributed by atoms with Gasteiger partial charge in [0.05, 0.1) is 5.92 Å². The van der Waals surface area contributed by atoms with Gasteiger partial charge in [0, 0.05) is 6.54 Å². The van der Waals surface area contributed by atoms with Crippen LogP contribution in [0.4, 0.5) is 4.79 Å². The minimum absolute atomic E-state index is 0.307. The molecular formula is C10H9NO3. The molecule has 1 fully saturated rings. The van der Waals surface area contributed by atoms with Crippen molar-refractivity contribution in [1.82, 2.24) is 5.32 Å². The molecule has 1 saturated heterocycles. The summed E-state index contributed by atoms with van der Waals surface area (Å²) in [6.07, 6.45) is -0.665. The zero-order chi connectivity index (χ0) is 9.97. The van der Waals surface area contributed by atoms with Crippen molar-refractivity contribution < 1.29 is 14.3 Å². The van der Waals surface area contributed by atoms with Crippen LogP contribution in [0.15, 0.2) is 30.3 Å². The van der Waals surface area contributed by atoms with Crippen LogP contribution in [-0.4, -0.2) is 18.6 Å². The lowest BCUT2D eigenvalue weighted by Gasteiger charge is -2.20. The second kappa shape index (κ2) is 3.49. The third-order valence-corrected chi connectivity index (χ3v) is 2.13. The molecule has 0 aromatic heterocycles. The van der Waals surface area contributed by atoms with Gasteiger partial charge < -0.3 is 10.1 Å². The Hall–Kier alpha value is -1.84. The molecule has 1 aliphatic rings. The lowest BCUT2D eigenvalue weighted by atomic mass is 9.99. The van der Waals surface area contributed by atoms with E-state index in [4.69, 9.17) is 0 Å². The first-order valence-corrected chi connectivity index (χ1v) is 4.32. The summed E-state index contributed by atoms with van der Waals surface area (Å²) in [4.78, 5) is 22.0. The number of carbonyl (C=O) groups excluding carboxylic acids is 2. The summed E-state index contributed by atoms with van der Waals surface area (Å²) >= 11 is 0. The Morgan fingerprint density at radius 1 is 1.21 bits per heavy atom. The first kappa shape index (κ1) is 8.74. The minimum Gasteiger partial charge on any atom is -0.376 e. The lowest BCUT2D eigenvalue weighted by Crippen LogP contribution is -2.41. The van der Waals surface area contributed by atoms with Gasteiger partial charge in [0.2, 0.25) is 0 Å². The van der Waals surface area contributed by atoms with Crippen LogP contribution in [0.25, 0.3) is 0 Å². The largest absolute Gasteiger partial charge is 0.414 e. The van der Waals surface area contributed by atoms with Gasteiger partial charge in [0.25, 0.3) is 0 Å². The Morgan fingerprint density at radius 3 is 2.57 bits per heavy atom. The Balaban J connectivity index is 2.20. The molecule has 1 aliphatic heterocycles. The molecule has 1 amide bonds. The Labute approximate surface area is 80.9 Å². The molecule has 1 aromatic rings. The predicted octanol–water partition coefficient (Wildman–Crippen LogP) is 1.04. The fourth-order valence-corrected chi connectivity index (χ4v) is 1.41. The number of alkyl carbamates (subject to hydrolysis) is 1. The number of esters is 1. The van der Waals surface area contributed by atoms with E-state index >= 15 is 0 Å². The number of ether oxygens (including phenoxy) is 1. The SMILES string of the molecule is O=C1NCC(c2ccccc2)C(=O)O1. The number of hydrogen-bond donors (Lipinski definition) is 1. The van der Waals surface area contributed by atoms with Crippen LogP contribution in [0.5, 0.6) is 0 Å². The average molecular weight is 191 g/mol. The highest BCUT2D eigenvalue weighted by molar-refractivity contribution is 5.91. The number of benzene rings is 1. The second-order valence-electron chi connectivity index (χ2n) is 3.05. The van der Waals surface area contributed by atoms with Crippen LogP contribution in [0.2, 0.25) is 0 Å². The monoisotopic (exact) mass is 191 g/mol. The number of nitrogens with one attached hydrogen (secondary N) is 1. The van der Waals surface area contributed by atoms with Gasteiger partial charge in [-0.1, -0.05) is 30.3 Å². The Bertz CT molecular complexity index is 361. The summed E-state index contributed by atoms with van der Waals surface area (Å²) in [5.74, 6) is -0.867. The number of cyclic esters (lactones) is 2. The fraction of sp³-hybridized carbons (Fsp3) is 0.200. The van der Waals surface area contributed by atoms with Gasteiger partial charge in [0.1, 0.15) is 0 Å². The van der Waals surface area contributed by atoms with Crippen LogP contribution < -0.4 is 5.32 Å². The average Bonchev–Trinajstić information content (AvgIpc) is 2.19. The molecular weight excluding hydrogens is 182 g/mol. The van der Waals surface area contributed by atoms with E-state index < -0.39 is 12.1 Å². The van der Waals surface area contributed by atoms with Gasteiger partial charge >= 0.3 is 12.1 Å². The summed E-state index contributed by atoms with van der Waals surface area (Å²) in [5, 5.41) is 2.48. The molecule has 4 nitrogen and oxygen atoms in total. The van der Waals surface area contributed by atoms with Crippen molar-refractivity contribution in [2.24, 2.45) is 0 Å². The van der Waals surface area contributed by atoms with Crippen molar-refractivity contribution in [2.75, 3.05) is 6.54 Å². The summed E-state index contributed by atoms with van der Waals surface area (Å²) in [6.45, 7) is 0.307. The van der Waals surface area contributed by atoms with Crippen LogP contribution >= 0.6 is 0 Å². The first-order valence-electron chi connectivity index (χ1n) is 4.32. The first-order chi connectivity index (χ1) is 6.77. The molecule has 0 bridgehead atoms. The quantitative estimate of drug-likeness (QED) is 0.533. The van der Waals surface area contributed by atoms with E-state index in [1.54, 1.807) is 0 Å². The molecule has 14 heavy (non-hydrogen) atoms. The highest BCUT2D eigenvalue weighted by atomic mass is 16.6. The second-order valence-corrected chi connectivity index (χ2v) is 3.05. The normalized spacial score (nSPS) is 21.3.